The molecule has 0 spiro atoms. The number of rotatable bonds is 2. The molecule has 3 nitrogen and oxygen atoms in total. The quantitative estimate of drug-likeness (QED) is 0.811. The molecule has 0 aromatic heterocycles. The van der Waals surface area contributed by atoms with Crippen molar-refractivity contribution in [1.29, 1.82) is 5.26 Å². The van der Waals surface area contributed by atoms with Crippen molar-refractivity contribution in [1.82, 2.24) is 0 Å². The van der Waals surface area contributed by atoms with Crippen LogP contribution in [0.25, 0.3) is 0 Å². The van der Waals surface area contributed by atoms with Gasteiger partial charge in [-0.25, -0.2) is 4.39 Å². The Balaban J connectivity index is 2.38. The van der Waals surface area contributed by atoms with Crippen LogP contribution in [0.15, 0.2) is 36.4 Å². The number of benzene rings is 2. The van der Waals surface area contributed by atoms with Crippen molar-refractivity contribution >= 4 is 28.7 Å². The normalized spacial score (nSPS) is 9.83. The number of nitrogen functional groups attached to an aromatic ring is 1. The number of nitriles is 1. The number of nitrogens with one attached hydrogen (secondary N) is 1. The minimum Gasteiger partial charge on any atom is -0.397 e. The predicted octanol–water partition coefficient (Wildman–Crippen LogP) is 3.68. The first-order valence-corrected chi connectivity index (χ1v) is 5.50. The van der Waals surface area contributed by atoms with Gasteiger partial charge in [0.2, 0.25) is 0 Å². The lowest BCUT2D eigenvalue weighted by Gasteiger charge is -2.11. The van der Waals surface area contributed by atoms with Crippen LogP contribution in [0.1, 0.15) is 5.56 Å². The molecule has 0 fully saturated rings. The van der Waals surface area contributed by atoms with Gasteiger partial charge < -0.3 is 11.1 Å². The SMILES string of the molecule is N#Cc1ccc(Nc2c(F)cccc2Cl)c(N)c1. The Bertz CT molecular complexity index is 614. The molecule has 0 saturated carbocycles. The molecule has 2 aromatic carbocycles. The lowest BCUT2D eigenvalue weighted by Crippen LogP contribution is -1.99. The van der Waals surface area contributed by atoms with E-state index >= 15 is 0 Å². The zero-order chi connectivity index (χ0) is 13.1. The van der Waals surface area contributed by atoms with Gasteiger partial charge in [-0.05, 0) is 30.3 Å². The first-order valence-electron chi connectivity index (χ1n) is 5.12. The number of hydrogen-bond acceptors (Lipinski definition) is 3. The molecule has 0 unspecified atom stereocenters. The maximum atomic E-state index is 13.6. The Morgan fingerprint density at radius 2 is 2.06 bits per heavy atom. The highest BCUT2D eigenvalue weighted by atomic mass is 35.5. The summed E-state index contributed by atoms with van der Waals surface area (Å²) in [7, 11) is 0. The summed E-state index contributed by atoms with van der Waals surface area (Å²) in [5.74, 6) is -0.466. The number of nitrogens with two attached hydrogens (primary N) is 1. The molecule has 18 heavy (non-hydrogen) atoms. The van der Waals surface area contributed by atoms with Gasteiger partial charge in [0.25, 0.3) is 0 Å². The maximum Gasteiger partial charge on any atom is 0.148 e. The van der Waals surface area contributed by atoms with Crippen LogP contribution in [0.2, 0.25) is 5.02 Å². The molecule has 0 atom stereocenters. The van der Waals surface area contributed by atoms with Crippen LogP contribution >= 0.6 is 11.6 Å². The Morgan fingerprint density at radius 1 is 1.28 bits per heavy atom. The molecule has 0 heterocycles. The molecule has 2 rings (SSSR count). The molecule has 0 radical (unpaired) electrons. The van der Waals surface area contributed by atoms with Crippen molar-refractivity contribution in [3.8, 4) is 6.07 Å². The first-order chi connectivity index (χ1) is 8.61. The smallest absolute Gasteiger partial charge is 0.148 e. The molecule has 0 amide bonds. The zero-order valence-electron chi connectivity index (χ0n) is 9.24. The van der Waals surface area contributed by atoms with E-state index < -0.39 is 5.82 Å². The number of halogens is 2. The third-order valence-electron chi connectivity index (χ3n) is 2.40. The standard InChI is InChI=1S/C13H9ClFN3/c14-9-2-1-3-10(15)13(9)18-12-5-4-8(7-16)6-11(12)17/h1-6,18H,17H2. The second kappa shape index (κ2) is 4.94. The summed E-state index contributed by atoms with van der Waals surface area (Å²) in [6.45, 7) is 0. The summed E-state index contributed by atoms with van der Waals surface area (Å²) in [4.78, 5) is 0. The molecular weight excluding hydrogens is 253 g/mol. The second-order valence-electron chi connectivity index (χ2n) is 3.64. The van der Waals surface area contributed by atoms with E-state index in [0.29, 0.717) is 16.9 Å². The molecule has 3 N–H and O–H groups in total. The van der Waals surface area contributed by atoms with Crippen molar-refractivity contribution in [2.45, 2.75) is 0 Å². The largest absolute Gasteiger partial charge is 0.397 e. The van der Waals surface area contributed by atoms with E-state index in [1.807, 2.05) is 6.07 Å². The molecule has 2 aromatic rings. The maximum absolute atomic E-state index is 13.6. The van der Waals surface area contributed by atoms with Crippen LogP contribution in [0, 0.1) is 17.1 Å². The van der Waals surface area contributed by atoms with Crippen molar-refractivity contribution in [3.05, 3.63) is 52.8 Å². The van der Waals surface area contributed by atoms with Gasteiger partial charge in [0, 0.05) is 0 Å². The molecule has 0 aliphatic rings. The molecule has 90 valence electrons. The lowest BCUT2D eigenvalue weighted by molar-refractivity contribution is 0.632. The van der Waals surface area contributed by atoms with Gasteiger partial charge >= 0.3 is 0 Å². The van der Waals surface area contributed by atoms with Crippen LogP contribution in [-0.2, 0) is 0 Å². The summed E-state index contributed by atoms with van der Waals surface area (Å²) in [6.07, 6.45) is 0. The predicted molar refractivity (Wildman–Crippen MR) is 70.3 cm³/mol. The fourth-order valence-corrected chi connectivity index (χ4v) is 1.71. The third-order valence-corrected chi connectivity index (χ3v) is 2.72. The fourth-order valence-electron chi connectivity index (χ4n) is 1.50. The van der Waals surface area contributed by atoms with Crippen LogP contribution in [0.3, 0.4) is 0 Å². The summed E-state index contributed by atoms with van der Waals surface area (Å²) in [6, 6.07) is 11.1. The van der Waals surface area contributed by atoms with Gasteiger partial charge in [-0.2, -0.15) is 5.26 Å². The van der Waals surface area contributed by atoms with Crippen molar-refractivity contribution < 1.29 is 4.39 Å². The van der Waals surface area contributed by atoms with E-state index in [0.717, 1.165) is 0 Å². The number of hydrogen-bond donors (Lipinski definition) is 2. The van der Waals surface area contributed by atoms with Crippen molar-refractivity contribution in [3.63, 3.8) is 0 Å². The van der Waals surface area contributed by atoms with Crippen LogP contribution in [0.4, 0.5) is 21.5 Å². The average Bonchev–Trinajstić information content (AvgIpc) is 2.35. The minimum absolute atomic E-state index is 0.163. The Morgan fingerprint density at radius 3 is 2.67 bits per heavy atom. The summed E-state index contributed by atoms with van der Waals surface area (Å²) in [5.41, 5.74) is 7.23. The Hall–Kier alpha value is -2.25. The van der Waals surface area contributed by atoms with E-state index in [1.54, 1.807) is 18.2 Å². The number of para-hydroxylation sites is 1. The third kappa shape index (κ3) is 2.36. The fraction of sp³-hybridized carbons (Fsp3) is 0. The van der Waals surface area contributed by atoms with E-state index in [1.165, 1.54) is 18.2 Å². The van der Waals surface area contributed by atoms with Crippen LogP contribution in [-0.4, -0.2) is 0 Å². The van der Waals surface area contributed by atoms with E-state index in [-0.39, 0.29) is 10.7 Å². The van der Waals surface area contributed by atoms with Gasteiger partial charge in [0.05, 0.1) is 33.7 Å². The Kier molecular flexibility index (Phi) is 3.35. The number of nitrogens with zero attached hydrogens (tertiary/aromatic N) is 1. The molecule has 0 saturated heterocycles. The monoisotopic (exact) mass is 261 g/mol. The second-order valence-corrected chi connectivity index (χ2v) is 4.04. The highest BCUT2D eigenvalue weighted by Crippen LogP contribution is 2.30. The molecule has 0 aliphatic carbocycles. The van der Waals surface area contributed by atoms with Gasteiger partial charge in [0.1, 0.15) is 5.82 Å². The lowest BCUT2D eigenvalue weighted by atomic mass is 10.2. The van der Waals surface area contributed by atoms with Gasteiger partial charge in [0.15, 0.2) is 0 Å². The zero-order valence-corrected chi connectivity index (χ0v) is 10.0. The molecule has 5 heteroatoms. The van der Waals surface area contributed by atoms with Crippen molar-refractivity contribution in [2.24, 2.45) is 0 Å². The minimum atomic E-state index is -0.466. The van der Waals surface area contributed by atoms with Crippen molar-refractivity contribution in [2.75, 3.05) is 11.1 Å². The average molecular weight is 262 g/mol. The van der Waals surface area contributed by atoms with E-state index in [2.05, 4.69) is 5.32 Å². The summed E-state index contributed by atoms with van der Waals surface area (Å²) in [5, 5.41) is 11.8. The van der Waals surface area contributed by atoms with Gasteiger partial charge in [-0.3, -0.25) is 0 Å². The Labute approximate surface area is 109 Å². The molecule has 0 aliphatic heterocycles. The molecule has 0 bridgehead atoms. The number of anilines is 3. The molecular formula is C13H9ClFN3. The van der Waals surface area contributed by atoms with Gasteiger partial charge in [-0.15, -0.1) is 0 Å². The van der Waals surface area contributed by atoms with Crippen LogP contribution < -0.4 is 11.1 Å². The first kappa shape index (κ1) is 12.2. The highest BCUT2D eigenvalue weighted by molar-refractivity contribution is 6.33. The van der Waals surface area contributed by atoms with E-state index in [4.69, 9.17) is 22.6 Å². The summed E-state index contributed by atoms with van der Waals surface area (Å²) < 4.78 is 13.6. The van der Waals surface area contributed by atoms with E-state index in [9.17, 15) is 4.39 Å². The topological polar surface area (TPSA) is 61.8 Å². The van der Waals surface area contributed by atoms with Gasteiger partial charge in [-0.1, -0.05) is 17.7 Å². The van der Waals surface area contributed by atoms with Crippen LogP contribution in [0.5, 0.6) is 0 Å². The summed E-state index contributed by atoms with van der Waals surface area (Å²) >= 11 is 5.89. The highest BCUT2D eigenvalue weighted by Gasteiger charge is 2.08.